The Labute approximate surface area is 120 Å². The molecule has 0 saturated carbocycles. The molecule has 0 fully saturated rings. The van der Waals surface area contributed by atoms with Crippen molar-refractivity contribution in [1.29, 1.82) is 0 Å². The molecule has 0 aliphatic heterocycles. The van der Waals surface area contributed by atoms with E-state index in [4.69, 9.17) is 15.2 Å². The second-order valence-electron chi connectivity index (χ2n) is 5.09. The molecule has 1 unspecified atom stereocenters. The fourth-order valence-electron chi connectivity index (χ4n) is 1.76. The number of benzene rings is 1. The van der Waals surface area contributed by atoms with Gasteiger partial charge in [0.15, 0.2) is 0 Å². The van der Waals surface area contributed by atoms with Gasteiger partial charge in [0.25, 0.3) is 0 Å². The van der Waals surface area contributed by atoms with Crippen molar-refractivity contribution >= 4 is 11.6 Å². The summed E-state index contributed by atoms with van der Waals surface area (Å²) in [5, 5.41) is 2.80. The van der Waals surface area contributed by atoms with Crippen LogP contribution >= 0.6 is 0 Å². The highest BCUT2D eigenvalue weighted by Gasteiger charge is 2.15. The van der Waals surface area contributed by atoms with Gasteiger partial charge in [-0.25, -0.2) is 0 Å². The van der Waals surface area contributed by atoms with Crippen LogP contribution in [0.4, 0.5) is 5.69 Å². The maximum absolute atomic E-state index is 11.9. The normalized spacial score (nSPS) is 12.2. The van der Waals surface area contributed by atoms with Crippen LogP contribution in [0.15, 0.2) is 24.3 Å². The van der Waals surface area contributed by atoms with E-state index in [1.54, 1.807) is 13.2 Å². The van der Waals surface area contributed by atoms with Gasteiger partial charge < -0.3 is 20.5 Å². The number of carbonyl (C=O) groups excluding carboxylic acids is 1. The molecule has 5 heteroatoms. The van der Waals surface area contributed by atoms with E-state index in [0.29, 0.717) is 37.0 Å². The number of rotatable bonds is 8. The van der Waals surface area contributed by atoms with E-state index in [9.17, 15) is 4.79 Å². The first kappa shape index (κ1) is 16.5. The zero-order valence-electron chi connectivity index (χ0n) is 12.4. The van der Waals surface area contributed by atoms with E-state index >= 15 is 0 Å². The van der Waals surface area contributed by atoms with Gasteiger partial charge >= 0.3 is 0 Å². The second kappa shape index (κ2) is 8.55. The van der Waals surface area contributed by atoms with Crippen LogP contribution in [-0.2, 0) is 9.53 Å². The van der Waals surface area contributed by atoms with E-state index in [0.717, 1.165) is 0 Å². The summed E-state index contributed by atoms with van der Waals surface area (Å²) in [5.41, 5.74) is 6.53. The van der Waals surface area contributed by atoms with Crippen LogP contribution in [0.1, 0.15) is 20.3 Å². The predicted molar refractivity (Wildman–Crippen MR) is 79.9 cm³/mol. The lowest BCUT2D eigenvalue weighted by Gasteiger charge is -2.14. The van der Waals surface area contributed by atoms with Gasteiger partial charge in [-0.3, -0.25) is 4.79 Å². The van der Waals surface area contributed by atoms with Crippen molar-refractivity contribution in [3.05, 3.63) is 24.3 Å². The van der Waals surface area contributed by atoms with Gasteiger partial charge in [-0.15, -0.1) is 0 Å². The quantitative estimate of drug-likeness (QED) is 0.715. The molecule has 0 aliphatic carbocycles. The number of carbonyl (C=O) groups is 1. The molecule has 1 rings (SSSR count). The maximum Gasteiger partial charge on any atom is 0.241 e. The zero-order chi connectivity index (χ0) is 15.0. The van der Waals surface area contributed by atoms with Crippen LogP contribution in [0.3, 0.4) is 0 Å². The molecule has 0 saturated heterocycles. The van der Waals surface area contributed by atoms with Crippen LogP contribution in [0.2, 0.25) is 0 Å². The van der Waals surface area contributed by atoms with Gasteiger partial charge in [-0.2, -0.15) is 0 Å². The minimum absolute atomic E-state index is 0.173. The molecule has 1 aromatic rings. The summed E-state index contributed by atoms with van der Waals surface area (Å²) < 4.78 is 10.4. The van der Waals surface area contributed by atoms with Crippen molar-refractivity contribution < 1.29 is 14.3 Å². The minimum Gasteiger partial charge on any atom is -0.491 e. The van der Waals surface area contributed by atoms with Crippen LogP contribution in [0, 0.1) is 5.92 Å². The number of anilines is 1. The summed E-state index contributed by atoms with van der Waals surface area (Å²) in [7, 11) is 1.62. The fourth-order valence-corrected chi connectivity index (χ4v) is 1.76. The van der Waals surface area contributed by atoms with Gasteiger partial charge in [-0.05, 0) is 24.5 Å². The molecule has 1 aromatic carbocycles. The monoisotopic (exact) mass is 280 g/mol. The lowest BCUT2D eigenvalue weighted by Crippen LogP contribution is -2.36. The Kier molecular flexibility index (Phi) is 7.04. The topological polar surface area (TPSA) is 73.6 Å². The van der Waals surface area contributed by atoms with Gasteiger partial charge in [0, 0.05) is 18.9 Å². The Balaban J connectivity index is 2.54. The van der Waals surface area contributed by atoms with Crippen LogP contribution in [-0.4, -0.2) is 32.3 Å². The summed E-state index contributed by atoms with van der Waals surface area (Å²) in [6.45, 7) is 5.07. The van der Waals surface area contributed by atoms with E-state index in [1.807, 2.05) is 32.0 Å². The highest BCUT2D eigenvalue weighted by Crippen LogP contribution is 2.17. The minimum atomic E-state index is -0.493. The lowest BCUT2D eigenvalue weighted by atomic mass is 10.0. The Hall–Kier alpha value is -1.59. The third kappa shape index (κ3) is 6.04. The molecule has 0 aromatic heterocycles. The first-order chi connectivity index (χ1) is 9.52. The van der Waals surface area contributed by atoms with Gasteiger partial charge in [-0.1, -0.05) is 19.9 Å². The van der Waals surface area contributed by atoms with E-state index in [1.165, 1.54) is 0 Å². The third-order valence-corrected chi connectivity index (χ3v) is 2.72. The largest absolute Gasteiger partial charge is 0.491 e. The highest BCUT2D eigenvalue weighted by atomic mass is 16.5. The molecule has 3 N–H and O–H groups in total. The molecule has 0 bridgehead atoms. The molecular formula is C15H24N2O3. The molecule has 0 aliphatic rings. The van der Waals surface area contributed by atoms with Crippen LogP contribution in [0.25, 0.3) is 0 Å². The van der Waals surface area contributed by atoms with E-state index < -0.39 is 6.04 Å². The van der Waals surface area contributed by atoms with Crippen molar-refractivity contribution in [2.75, 3.05) is 25.6 Å². The standard InChI is InChI=1S/C15H24N2O3/c1-11(2)9-14(16)15(18)17-12-5-4-6-13(10-12)20-8-7-19-3/h4-6,10-11,14H,7-9,16H2,1-3H3,(H,17,18). The molecular weight excluding hydrogens is 256 g/mol. The number of nitrogens with one attached hydrogen (secondary N) is 1. The summed E-state index contributed by atoms with van der Waals surface area (Å²) >= 11 is 0. The number of ether oxygens (including phenoxy) is 2. The SMILES string of the molecule is COCCOc1cccc(NC(=O)C(N)CC(C)C)c1. The predicted octanol–water partition coefficient (Wildman–Crippen LogP) is 2.02. The Bertz CT molecular complexity index is 421. The molecule has 0 spiro atoms. The first-order valence-electron chi connectivity index (χ1n) is 6.81. The van der Waals surface area contributed by atoms with Crippen LogP contribution < -0.4 is 15.8 Å². The Morgan fingerprint density at radius 1 is 1.35 bits per heavy atom. The number of hydrogen-bond donors (Lipinski definition) is 2. The number of hydrogen-bond acceptors (Lipinski definition) is 4. The molecule has 1 amide bonds. The fraction of sp³-hybridized carbons (Fsp3) is 0.533. The smallest absolute Gasteiger partial charge is 0.241 e. The lowest BCUT2D eigenvalue weighted by molar-refractivity contribution is -0.117. The van der Waals surface area contributed by atoms with Gasteiger partial charge in [0.05, 0.1) is 12.6 Å². The van der Waals surface area contributed by atoms with E-state index in [-0.39, 0.29) is 5.91 Å². The molecule has 1 atom stereocenters. The number of methoxy groups -OCH3 is 1. The number of nitrogens with two attached hydrogens (primary N) is 1. The van der Waals surface area contributed by atoms with Crippen molar-refractivity contribution in [2.24, 2.45) is 11.7 Å². The Morgan fingerprint density at radius 3 is 2.75 bits per heavy atom. The molecule has 112 valence electrons. The molecule has 0 heterocycles. The highest BCUT2D eigenvalue weighted by molar-refractivity contribution is 5.94. The van der Waals surface area contributed by atoms with Crippen molar-refractivity contribution in [1.82, 2.24) is 0 Å². The molecule has 20 heavy (non-hydrogen) atoms. The first-order valence-corrected chi connectivity index (χ1v) is 6.81. The zero-order valence-corrected chi connectivity index (χ0v) is 12.4. The number of amides is 1. The summed E-state index contributed by atoms with van der Waals surface area (Å²) in [4.78, 5) is 11.9. The summed E-state index contributed by atoms with van der Waals surface area (Å²) in [5.74, 6) is 0.907. The second-order valence-corrected chi connectivity index (χ2v) is 5.09. The van der Waals surface area contributed by atoms with Crippen LogP contribution in [0.5, 0.6) is 5.75 Å². The Morgan fingerprint density at radius 2 is 2.10 bits per heavy atom. The van der Waals surface area contributed by atoms with Crippen molar-refractivity contribution in [2.45, 2.75) is 26.3 Å². The van der Waals surface area contributed by atoms with E-state index in [2.05, 4.69) is 5.32 Å². The average Bonchev–Trinajstić information content (AvgIpc) is 2.38. The van der Waals surface area contributed by atoms with Crippen molar-refractivity contribution in [3.63, 3.8) is 0 Å². The molecule has 5 nitrogen and oxygen atoms in total. The third-order valence-electron chi connectivity index (χ3n) is 2.72. The average molecular weight is 280 g/mol. The van der Waals surface area contributed by atoms with Crippen molar-refractivity contribution in [3.8, 4) is 5.75 Å². The molecule has 0 radical (unpaired) electrons. The van der Waals surface area contributed by atoms with Gasteiger partial charge in [0.1, 0.15) is 12.4 Å². The summed E-state index contributed by atoms with van der Waals surface area (Å²) in [6, 6.07) is 6.75. The maximum atomic E-state index is 11.9. The summed E-state index contributed by atoms with van der Waals surface area (Å²) in [6.07, 6.45) is 0.663. The van der Waals surface area contributed by atoms with Gasteiger partial charge in [0.2, 0.25) is 5.91 Å².